The van der Waals surface area contributed by atoms with Crippen LogP contribution in [0.15, 0.2) is 12.1 Å². The number of aromatic amines is 1. The van der Waals surface area contributed by atoms with Gasteiger partial charge in [-0.3, -0.25) is 5.10 Å². The lowest BCUT2D eigenvalue weighted by molar-refractivity contribution is 0.399. The molecule has 0 aromatic carbocycles. The van der Waals surface area contributed by atoms with E-state index in [0.717, 1.165) is 5.52 Å². The molecule has 0 fully saturated rings. The number of halogens is 1. The Kier molecular flexibility index (Phi) is 1.62. The van der Waals surface area contributed by atoms with Gasteiger partial charge in [0, 0.05) is 6.07 Å². The lowest BCUT2D eigenvalue weighted by atomic mass is 10.4. The van der Waals surface area contributed by atoms with Crippen molar-refractivity contribution in [2.24, 2.45) is 0 Å². The number of nitrogens with one attached hydrogen (secondary N) is 1. The van der Waals surface area contributed by atoms with E-state index in [-0.39, 0.29) is 0 Å². The molecule has 62 valence electrons. The highest BCUT2D eigenvalue weighted by atomic mass is 35.5. The minimum atomic E-state index is 0.434. The molecule has 0 unspecified atom stereocenters. The second-order valence-corrected chi connectivity index (χ2v) is 2.64. The Morgan fingerprint density at radius 1 is 1.50 bits per heavy atom. The maximum absolute atomic E-state index is 5.77. The zero-order chi connectivity index (χ0) is 8.55. The second-order valence-electron chi connectivity index (χ2n) is 2.26. The smallest absolute Gasteiger partial charge is 0.213 e. The summed E-state index contributed by atoms with van der Waals surface area (Å²) in [6.07, 6.45) is 0. The summed E-state index contributed by atoms with van der Waals surface area (Å²) in [5.74, 6) is 0.533. The molecule has 0 amide bonds. The zero-order valence-electron chi connectivity index (χ0n) is 6.34. The normalized spacial score (nSPS) is 10.5. The molecule has 0 saturated carbocycles. The maximum atomic E-state index is 5.77. The summed E-state index contributed by atoms with van der Waals surface area (Å²) in [5.41, 5.74) is 1.37. The van der Waals surface area contributed by atoms with Crippen molar-refractivity contribution in [3.05, 3.63) is 17.3 Å². The topological polar surface area (TPSA) is 50.8 Å². The molecule has 0 saturated heterocycles. The lowest BCUT2D eigenvalue weighted by Crippen LogP contribution is -1.86. The van der Waals surface area contributed by atoms with Gasteiger partial charge in [-0.2, -0.15) is 5.10 Å². The van der Waals surface area contributed by atoms with Gasteiger partial charge >= 0.3 is 0 Å². The van der Waals surface area contributed by atoms with Crippen molar-refractivity contribution >= 4 is 22.6 Å². The van der Waals surface area contributed by atoms with Crippen LogP contribution in [0, 0.1) is 0 Å². The lowest BCUT2D eigenvalue weighted by Gasteiger charge is -1.95. The van der Waals surface area contributed by atoms with Gasteiger partial charge in [-0.25, -0.2) is 4.98 Å². The Labute approximate surface area is 73.5 Å². The van der Waals surface area contributed by atoms with Gasteiger partial charge < -0.3 is 4.74 Å². The Morgan fingerprint density at radius 3 is 3.08 bits per heavy atom. The standard InChI is InChI=1S/C7H6ClN3O/c1-12-5-3-2-4-6(9-5)7(8)11-10-4/h2-3H,1H3,(H,10,11). The molecule has 0 bridgehead atoms. The quantitative estimate of drug-likeness (QED) is 0.731. The van der Waals surface area contributed by atoms with Crippen LogP contribution in [0.2, 0.25) is 5.15 Å². The molecule has 0 aliphatic carbocycles. The molecule has 4 nitrogen and oxygen atoms in total. The van der Waals surface area contributed by atoms with E-state index in [1.165, 1.54) is 0 Å². The van der Waals surface area contributed by atoms with Crippen molar-refractivity contribution in [2.45, 2.75) is 0 Å². The molecule has 0 spiro atoms. The fourth-order valence-corrected chi connectivity index (χ4v) is 1.14. The largest absolute Gasteiger partial charge is 0.481 e. The monoisotopic (exact) mass is 183 g/mol. The van der Waals surface area contributed by atoms with Crippen molar-refractivity contribution in [3.8, 4) is 5.88 Å². The summed E-state index contributed by atoms with van der Waals surface area (Å²) in [7, 11) is 1.56. The van der Waals surface area contributed by atoms with Gasteiger partial charge in [0.1, 0.15) is 11.0 Å². The highest BCUT2D eigenvalue weighted by molar-refractivity contribution is 6.33. The van der Waals surface area contributed by atoms with Crippen molar-refractivity contribution in [1.29, 1.82) is 0 Å². The van der Waals surface area contributed by atoms with Crippen LogP contribution in [0.1, 0.15) is 0 Å². The van der Waals surface area contributed by atoms with E-state index in [0.29, 0.717) is 16.5 Å². The molecule has 12 heavy (non-hydrogen) atoms. The van der Waals surface area contributed by atoms with Crippen LogP contribution in [0.25, 0.3) is 11.0 Å². The molecule has 0 radical (unpaired) electrons. The van der Waals surface area contributed by atoms with Crippen LogP contribution in [-0.2, 0) is 0 Å². The minimum Gasteiger partial charge on any atom is -0.481 e. The minimum absolute atomic E-state index is 0.434. The fraction of sp³-hybridized carbons (Fsp3) is 0.143. The highest BCUT2D eigenvalue weighted by Gasteiger charge is 2.04. The molecule has 2 aromatic rings. The summed E-state index contributed by atoms with van der Waals surface area (Å²) < 4.78 is 4.94. The van der Waals surface area contributed by atoms with E-state index in [1.54, 1.807) is 19.2 Å². The third kappa shape index (κ3) is 1.00. The Bertz CT molecular complexity index is 412. The first-order valence-electron chi connectivity index (χ1n) is 3.36. The van der Waals surface area contributed by atoms with Crippen LogP contribution in [-0.4, -0.2) is 22.3 Å². The van der Waals surface area contributed by atoms with Gasteiger partial charge in [0.2, 0.25) is 5.88 Å². The number of hydrogen-bond acceptors (Lipinski definition) is 3. The van der Waals surface area contributed by atoms with Gasteiger partial charge in [0.25, 0.3) is 0 Å². The number of nitrogens with zero attached hydrogens (tertiary/aromatic N) is 2. The number of aromatic nitrogens is 3. The van der Waals surface area contributed by atoms with Crippen molar-refractivity contribution in [1.82, 2.24) is 15.2 Å². The van der Waals surface area contributed by atoms with Gasteiger partial charge in [-0.1, -0.05) is 11.6 Å². The van der Waals surface area contributed by atoms with Crippen LogP contribution in [0.5, 0.6) is 5.88 Å². The first-order chi connectivity index (χ1) is 5.81. The molecule has 1 N–H and O–H groups in total. The third-order valence-electron chi connectivity index (χ3n) is 1.54. The van der Waals surface area contributed by atoms with Crippen molar-refractivity contribution in [3.63, 3.8) is 0 Å². The van der Waals surface area contributed by atoms with E-state index >= 15 is 0 Å². The zero-order valence-corrected chi connectivity index (χ0v) is 7.09. The number of ether oxygens (including phenoxy) is 1. The Balaban J connectivity index is 2.71. The molecular weight excluding hydrogens is 178 g/mol. The van der Waals surface area contributed by atoms with Gasteiger partial charge in [0.05, 0.1) is 7.11 Å². The molecule has 5 heteroatoms. The first-order valence-corrected chi connectivity index (χ1v) is 3.73. The van der Waals surface area contributed by atoms with E-state index < -0.39 is 0 Å². The van der Waals surface area contributed by atoms with Gasteiger partial charge in [-0.05, 0) is 6.07 Å². The van der Waals surface area contributed by atoms with E-state index in [1.807, 2.05) is 0 Å². The SMILES string of the molecule is COc1ccc2n[nH]c(Cl)c2n1. The number of methoxy groups -OCH3 is 1. The first kappa shape index (κ1) is 7.36. The molecule has 0 aliphatic rings. The van der Waals surface area contributed by atoms with E-state index in [9.17, 15) is 0 Å². The summed E-state index contributed by atoms with van der Waals surface area (Å²) in [6, 6.07) is 3.53. The molecular formula is C7H6ClN3O. The van der Waals surface area contributed by atoms with Gasteiger partial charge in [-0.15, -0.1) is 0 Å². The molecule has 2 heterocycles. The number of H-pyrrole nitrogens is 1. The Hall–Kier alpha value is -1.29. The van der Waals surface area contributed by atoms with E-state index in [2.05, 4.69) is 15.2 Å². The fourth-order valence-electron chi connectivity index (χ4n) is 0.962. The van der Waals surface area contributed by atoms with Crippen LogP contribution in [0.4, 0.5) is 0 Å². The maximum Gasteiger partial charge on any atom is 0.213 e. The van der Waals surface area contributed by atoms with Crippen LogP contribution in [0.3, 0.4) is 0 Å². The highest BCUT2D eigenvalue weighted by Crippen LogP contribution is 2.20. The van der Waals surface area contributed by atoms with Gasteiger partial charge in [0.15, 0.2) is 5.15 Å². The summed E-state index contributed by atoms with van der Waals surface area (Å²) in [4.78, 5) is 4.11. The van der Waals surface area contributed by atoms with Crippen LogP contribution >= 0.6 is 11.6 Å². The third-order valence-corrected chi connectivity index (χ3v) is 1.80. The Morgan fingerprint density at radius 2 is 2.33 bits per heavy atom. The predicted molar refractivity (Wildman–Crippen MR) is 45.5 cm³/mol. The number of hydrogen-bond donors (Lipinski definition) is 1. The summed E-state index contributed by atoms with van der Waals surface area (Å²) in [6.45, 7) is 0. The average molecular weight is 184 g/mol. The molecule has 2 aromatic heterocycles. The van der Waals surface area contributed by atoms with Crippen molar-refractivity contribution in [2.75, 3.05) is 7.11 Å². The molecule has 2 rings (SSSR count). The molecule has 0 aliphatic heterocycles. The predicted octanol–water partition coefficient (Wildman–Crippen LogP) is 1.62. The average Bonchev–Trinajstić information content (AvgIpc) is 2.47. The van der Waals surface area contributed by atoms with Crippen molar-refractivity contribution < 1.29 is 4.74 Å². The number of fused-ring (bicyclic) bond motifs is 1. The summed E-state index contributed by atoms with van der Waals surface area (Å²) >= 11 is 5.77. The summed E-state index contributed by atoms with van der Waals surface area (Å²) in [5, 5.41) is 6.98. The van der Waals surface area contributed by atoms with E-state index in [4.69, 9.17) is 16.3 Å². The second kappa shape index (κ2) is 2.64. The van der Waals surface area contributed by atoms with Crippen LogP contribution < -0.4 is 4.74 Å². The number of pyridine rings is 1. The number of rotatable bonds is 1. The molecule has 0 atom stereocenters.